The van der Waals surface area contributed by atoms with Crippen LogP contribution in [0.4, 0.5) is 0 Å². The number of nitrogens with zero attached hydrogens (tertiary/aromatic N) is 3. The first-order chi connectivity index (χ1) is 9.45. The van der Waals surface area contributed by atoms with Gasteiger partial charge in [-0.1, -0.05) is 12.1 Å². The predicted octanol–water partition coefficient (Wildman–Crippen LogP) is 1.13. The fourth-order valence-electron chi connectivity index (χ4n) is 2.59. The highest BCUT2D eigenvalue weighted by Crippen LogP contribution is 2.22. The molecule has 1 atom stereocenters. The summed E-state index contributed by atoms with van der Waals surface area (Å²) in [5.41, 5.74) is 0.197. The van der Waals surface area contributed by atoms with Gasteiger partial charge in [-0.2, -0.15) is 5.26 Å². The molecule has 6 heteroatoms. The van der Waals surface area contributed by atoms with Crippen molar-refractivity contribution in [3.8, 4) is 6.07 Å². The highest BCUT2D eigenvalue weighted by molar-refractivity contribution is 7.89. The zero-order valence-corrected chi connectivity index (χ0v) is 12.6. The number of sulfonamides is 1. The first-order valence-electron chi connectivity index (χ1n) is 6.59. The third kappa shape index (κ3) is 3.01. The van der Waals surface area contributed by atoms with Crippen LogP contribution in [-0.2, 0) is 10.0 Å². The zero-order chi connectivity index (χ0) is 14.8. The van der Waals surface area contributed by atoms with Crippen LogP contribution in [-0.4, -0.2) is 51.4 Å². The van der Waals surface area contributed by atoms with Crippen molar-refractivity contribution in [2.45, 2.75) is 11.3 Å². The molecule has 20 heavy (non-hydrogen) atoms. The molecular formula is C14H19N3O2S. The Morgan fingerprint density at radius 1 is 1.45 bits per heavy atom. The summed E-state index contributed by atoms with van der Waals surface area (Å²) >= 11 is 0. The van der Waals surface area contributed by atoms with Crippen LogP contribution in [0.1, 0.15) is 12.0 Å². The van der Waals surface area contributed by atoms with Gasteiger partial charge in [0.1, 0.15) is 6.07 Å². The van der Waals surface area contributed by atoms with Gasteiger partial charge < -0.3 is 4.90 Å². The van der Waals surface area contributed by atoms with Crippen LogP contribution in [0.25, 0.3) is 0 Å². The van der Waals surface area contributed by atoms with Gasteiger partial charge in [-0.05, 0) is 38.1 Å². The van der Waals surface area contributed by atoms with Gasteiger partial charge in [0.05, 0.1) is 10.5 Å². The molecule has 5 nitrogen and oxygen atoms in total. The topological polar surface area (TPSA) is 64.4 Å². The lowest BCUT2D eigenvalue weighted by atomic mass is 10.1. The van der Waals surface area contributed by atoms with Gasteiger partial charge in [0.2, 0.25) is 10.0 Å². The normalized spacial score (nSPS) is 20.2. The summed E-state index contributed by atoms with van der Waals surface area (Å²) in [4.78, 5) is 2.30. The Morgan fingerprint density at radius 3 is 2.75 bits per heavy atom. The van der Waals surface area contributed by atoms with Gasteiger partial charge in [-0.3, -0.25) is 0 Å². The number of hydrogen-bond donors (Lipinski definition) is 0. The average molecular weight is 293 g/mol. The fraction of sp³-hybridized carbons (Fsp3) is 0.500. The summed E-state index contributed by atoms with van der Waals surface area (Å²) in [7, 11) is 0.0319. The maximum Gasteiger partial charge on any atom is 0.244 e. The number of likely N-dealkylation sites (tertiary alicyclic amines) is 1. The van der Waals surface area contributed by atoms with E-state index in [0.29, 0.717) is 12.5 Å². The van der Waals surface area contributed by atoms with E-state index in [0.717, 1.165) is 19.5 Å². The lowest BCUT2D eigenvalue weighted by Gasteiger charge is -2.21. The van der Waals surface area contributed by atoms with Crippen molar-refractivity contribution in [3.63, 3.8) is 0 Å². The summed E-state index contributed by atoms with van der Waals surface area (Å²) in [5, 5.41) is 9.04. The number of nitriles is 1. The molecule has 0 radical (unpaired) electrons. The molecule has 0 spiro atoms. The first kappa shape index (κ1) is 15.0. The largest absolute Gasteiger partial charge is 0.306 e. The Labute approximate surface area is 120 Å². The summed E-state index contributed by atoms with van der Waals surface area (Å²) in [5.74, 6) is 0.356. The lowest BCUT2D eigenvalue weighted by Crippen LogP contribution is -2.33. The SMILES string of the molecule is CN1CCC(CN(C)S(=O)(=O)c2ccccc2C#N)C1. The van der Waals surface area contributed by atoms with Crippen LogP contribution in [0.5, 0.6) is 0 Å². The molecule has 1 aromatic rings. The third-order valence-electron chi connectivity index (χ3n) is 3.70. The Balaban J connectivity index is 2.19. The Kier molecular flexibility index (Phi) is 4.43. The van der Waals surface area contributed by atoms with Gasteiger partial charge in [0.15, 0.2) is 0 Å². The molecule has 1 unspecified atom stereocenters. The van der Waals surface area contributed by atoms with E-state index in [1.165, 1.54) is 16.4 Å². The minimum atomic E-state index is -3.59. The second-order valence-corrected chi connectivity index (χ2v) is 7.32. The Bertz CT molecular complexity index is 622. The number of rotatable bonds is 4. The van der Waals surface area contributed by atoms with Gasteiger partial charge >= 0.3 is 0 Å². The molecule has 1 fully saturated rings. The van der Waals surface area contributed by atoms with Crippen molar-refractivity contribution >= 4 is 10.0 Å². The van der Waals surface area contributed by atoms with Crippen molar-refractivity contribution in [1.82, 2.24) is 9.21 Å². The van der Waals surface area contributed by atoms with E-state index in [1.807, 2.05) is 13.1 Å². The van der Waals surface area contributed by atoms with Crippen molar-refractivity contribution in [3.05, 3.63) is 29.8 Å². The van der Waals surface area contributed by atoms with Crippen LogP contribution in [0.2, 0.25) is 0 Å². The fourth-order valence-corrected chi connectivity index (χ4v) is 3.97. The zero-order valence-electron chi connectivity index (χ0n) is 11.8. The molecule has 108 valence electrons. The third-order valence-corrected chi connectivity index (χ3v) is 5.58. The quantitative estimate of drug-likeness (QED) is 0.835. The van der Waals surface area contributed by atoms with Crippen LogP contribution in [0.15, 0.2) is 29.2 Å². The summed E-state index contributed by atoms with van der Waals surface area (Å²) in [6.07, 6.45) is 1.01. The van der Waals surface area contributed by atoms with Crippen LogP contribution in [0, 0.1) is 17.2 Å². The summed E-state index contributed by atoms with van der Waals surface area (Å²) in [6, 6.07) is 8.28. The molecule has 1 aliphatic rings. The van der Waals surface area contributed by atoms with E-state index in [2.05, 4.69) is 4.90 Å². The van der Waals surface area contributed by atoms with Crippen LogP contribution >= 0.6 is 0 Å². The smallest absolute Gasteiger partial charge is 0.244 e. The highest BCUT2D eigenvalue weighted by Gasteiger charge is 2.28. The molecule has 1 aliphatic heterocycles. The molecular weight excluding hydrogens is 274 g/mol. The summed E-state index contributed by atoms with van der Waals surface area (Å²) in [6.45, 7) is 2.42. The van der Waals surface area contributed by atoms with E-state index >= 15 is 0 Å². The molecule has 0 aliphatic carbocycles. The van der Waals surface area contributed by atoms with E-state index < -0.39 is 10.0 Å². The molecule has 0 N–H and O–H groups in total. The maximum atomic E-state index is 12.5. The maximum absolute atomic E-state index is 12.5. The van der Waals surface area contributed by atoms with Crippen molar-refractivity contribution in [2.24, 2.45) is 5.92 Å². The molecule has 0 saturated carbocycles. The van der Waals surface area contributed by atoms with Gasteiger partial charge in [0, 0.05) is 20.1 Å². The van der Waals surface area contributed by atoms with Gasteiger partial charge in [-0.25, -0.2) is 12.7 Å². The van der Waals surface area contributed by atoms with Crippen molar-refractivity contribution in [1.29, 1.82) is 5.26 Å². The molecule has 1 aromatic carbocycles. The second kappa shape index (κ2) is 5.92. The standard InChI is InChI=1S/C14H19N3O2S/c1-16-8-7-12(10-16)11-17(2)20(18,19)14-6-4-3-5-13(14)9-15/h3-6,12H,7-8,10-11H2,1-2H3. The highest BCUT2D eigenvalue weighted by atomic mass is 32.2. The van der Waals surface area contributed by atoms with Crippen LogP contribution < -0.4 is 0 Å². The van der Waals surface area contributed by atoms with Gasteiger partial charge in [-0.15, -0.1) is 0 Å². The van der Waals surface area contributed by atoms with Crippen molar-refractivity contribution < 1.29 is 8.42 Å². The Hall–Kier alpha value is -1.42. The van der Waals surface area contributed by atoms with Crippen LogP contribution in [0.3, 0.4) is 0 Å². The predicted molar refractivity (Wildman–Crippen MR) is 76.6 cm³/mol. The average Bonchev–Trinajstić information content (AvgIpc) is 2.84. The van der Waals surface area contributed by atoms with E-state index in [4.69, 9.17) is 5.26 Å². The van der Waals surface area contributed by atoms with E-state index in [-0.39, 0.29) is 10.5 Å². The molecule has 2 rings (SSSR count). The van der Waals surface area contributed by atoms with Gasteiger partial charge in [0.25, 0.3) is 0 Å². The minimum absolute atomic E-state index is 0.0938. The molecule has 0 bridgehead atoms. The molecule has 1 heterocycles. The lowest BCUT2D eigenvalue weighted by molar-refractivity contribution is 0.356. The first-order valence-corrected chi connectivity index (χ1v) is 8.03. The number of hydrogen-bond acceptors (Lipinski definition) is 4. The second-order valence-electron chi connectivity index (χ2n) is 5.31. The minimum Gasteiger partial charge on any atom is -0.306 e. The summed E-state index contributed by atoms with van der Waals surface area (Å²) < 4.78 is 26.5. The Morgan fingerprint density at radius 2 is 2.15 bits per heavy atom. The van der Waals surface area contributed by atoms with E-state index in [9.17, 15) is 8.42 Å². The molecule has 1 saturated heterocycles. The molecule has 0 aromatic heterocycles. The monoisotopic (exact) mass is 293 g/mol. The van der Waals surface area contributed by atoms with E-state index in [1.54, 1.807) is 19.2 Å². The van der Waals surface area contributed by atoms with Crippen molar-refractivity contribution in [2.75, 3.05) is 33.7 Å². The molecule has 0 amide bonds. The number of benzene rings is 1.